The maximum atomic E-state index is 6.67. The SMILES string of the molecule is NC(C1CCc2ccccc21)C1CCc2cccnc21. The fourth-order valence-electron chi connectivity index (χ4n) is 4.09. The predicted octanol–water partition coefficient (Wildman–Crippen LogP) is 3.17. The van der Waals surface area contributed by atoms with Gasteiger partial charge in [-0.15, -0.1) is 0 Å². The van der Waals surface area contributed by atoms with Crippen LogP contribution in [0.2, 0.25) is 0 Å². The summed E-state index contributed by atoms with van der Waals surface area (Å²) >= 11 is 0. The number of fused-ring (bicyclic) bond motifs is 2. The van der Waals surface area contributed by atoms with Crippen molar-refractivity contribution in [3.05, 3.63) is 65.0 Å². The zero-order valence-corrected chi connectivity index (χ0v) is 11.6. The van der Waals surface area contributed by atoms with Crippen molar-refractivity contribution < 1.29 is 0 Å². The molecule has 2 aromatic rings. The first-order valence-corrected chi connectivity index (χ1v) is 7.62. The van der Waals surface area contributed by atoms with E-state index >= 15 is 0 Å². The summed E-state index contributed by atoms with van der Waals surface area (Å²) < 4.78 is 0. The van der Waals surface area contributed by atoms with Crippen LogP contribution in [0.3, 0.4) is 0 Å². The molecule has 4 rings (SSSR count). The van der Waals surface area contributed by atoms with Crippen molar-refractivity contribution in [2.45, 2.75) is 43.6 Å². The number of nitrogens with two attached hydrogens (primary N) is 1. The lowest BCUT2D eigenvalue weighted by atomic mass is 9.83. The number of pyridine rings is 1. The summed E-state index contributed by atoms with van der Waals surface area (Å²) in [5, 5.41) is 0. The monoisotopic (exact) mass is 264 g/mol. The minimum atomic E-state index is 0.204. The van der Waals surface area contributed by atoms with Crippen LogP contribution >= 0.6 is 0 Å². The Morgan fingerprint density at radius 3 is 2.65 bits per heavy atom. The molecule has 20 heavy (non-hydrogen) atoms. The van der Waals surface area contributed by atoms with E-state index in [0.29, 0.717) is 11.8 Å². The smallest absolute Gasteiger partial charge is 0.0482 e. The number of aryl methyl sites for hydroxylation is 2. The van der Waals surface area contributed by atoms with Crippen LogP contribution in [0.15, 0.2) is 42.6 Å². The fraction of sp³-hybridized carbons (Fsp3) is 0.389. The highest BCUT2D eigenvalue weighted by molar-refractivity contribution is 5.38. The van der Waals surface area contributed by atoms with E-state index in [1.165, 1.54) is 35.2 Å². The van der Waals surface area contributed by atoms with E-state index in [-0.39, 0.29) is 6.04 Å². The molecule has 3 unspecified atom stereocenters. The topological polar surface area (TPSA) is 38.9 Å². The van der Waals surface area contributed by atoms with Crippen molar-refractivity contribution in [1.82, 2.24) is 4.98 Å². The molecule has 1 aromatic heterocycles. The van der Waals surface area contributed by atoms with Crippen LogP contribution in [0.5, 0.6) is 0 Å². The number of benzene rings is 1. The molecular weight excluding hydrogens is 244 g/mol. The standard InChI is InChI=1S/C18H20N2/c19-17(15-9-7-12-4-1-2-6-14(12)15)16-10-8-13-5-3-11-20-18(13)16/h1-6,11,15-17H,7-10,19H2. The molecule has 2 heteroatoms. The molecule has 3 atom stereocenters. The fourth-order valence-corrected chi connectivity index (χ4v) is 4.09. The van der Waals surface area contributed by atoms with E-state index in [9.17, 15) is 0 Å². The van der Waals surface area contributed by atoms with Gasteiger partial charge in [0.2, 0.25) is 0 Å². The summed E-state index contributed by atoms with van der Waals surface area (Å²) in [5.74, 6) is 0.937. The number of nitrogens with zero attached hydrogens (tertiary/aromatic N) is 1. The molecule has 0 saturated carbocycles. The Morgan fingerprint density at radius 1 is 0.950 bits per heavy atom. The lowest BCUT2D eigenvalue weighted by Gasteiger charge is -2.26. The molecule has 0 saturated heterocycles. The van der Waals surface area contributed by atoms with Gasteiger partial charge in [-0.1, -0.05) is 30.3 Å². The Balaban J connectivity index is 1.65. The van der Waals surface area contributed by atoms with Gasteiger partial charge in [-0.05, 0) is 48.4 Å². The molecule has 0 spiro atoms. The van der Waals surface area contributed by atoms with Gasteiger partial charge in [0.1, 0.15) is 0 Å². The van der Waals surface area contributed by atoms with Crippen molar-refractivity contribution in [2.24, 2.45) is 5.73 Å². The molecule has 0 aliphatic heterocycles. The molecule has 1 aromatic carbocycles. The zero-order chi connectivity index (χ0) is 13.5. The predicted molar refractivity (Wildman–Crippen MR) is 80.8 cm³/mol. The maximum Gasteiger partial charge on any atom is 0.0482 e. The molecule has 2 aliphatic carbocycles. The van der Waals surface area contributed by atoms with Gasteiger partial charge in [-0.25, -0.2) is 0 Å². The minimum absolute atomic E-state index is 0.204. The molecule has 2 N–H and O–H groups in total. The third-order valence-corrected chi connectivity index (χ3v) is 5.11. The number of hydrogen-bond acceptors (Lipinski definition) is 2. The first-order valence-electron chi connectivity index (χ1n) is 7.62. The van der Waals surface area contributed by atoms with Gasteiger partial charge in [0, 0.05) is 29.8 Å². The average molecular weight is 264 g/mol. The molecular formula is C18H20N2. The van der Waals surface area contributed by atoms with Crippen LogP contribution in [0.1, 0.15) is 47.1 Å². The average Bonchev–Trinajstić information content (AvgIpc) is 3.11. The summed E-state index contributed by atoms with van der Waals surface area (Å²) in [6.07, 6.45) is 6.57. The van der Waals surface area contributed by atoms with Crippen LogP contribution in [0.4, 0.5) is 0 Å². The second-order valence-corrected chi connectivity index (χ2v) is 6.11. The molecule has 1 heterocycles. The normalized spacial score (nSPS) is 25.2. The third-order valence-electron chi connectivity index (χ3n) is 5.11. The number of hydrogen-bond donors (Lipinski definition) is 1. The molecule has 0 bridgehead atoms. The zero-order valence-electron chi connectivity index (χ0n) is 11.6. The molecule has 0 amide bonds. The van der Waals surface area contributed by atoms with Gasteiger partial charge in [-0.3, -0.25) is 4.98 Å². The number of aromatic nitrogens is 1. The highest BCUT2D eigenvalue weighted by atomic mass is 14.8. The summed E-state index contributed by atoms with van der Waals surface area (Å²) in [6.45, 7) is 0. The first-order chi connectivity index (χ1) is 9.84. The second-order valence-electron chi connectivity index (χ2n) is 6.11. The highest BCUT2D eigenvalue weighted by Crippen LogP contribution is 2.42. The van der Waals surface area contributed by atoms with Gasteiger partial charge in [-0.2, -0.15) is 0 Å². The Kier molecular flexibility index (Phi) is 2.85. The summed E-state index contributed by atoms with van der Waals surface area (Å²) in [5.41, 5.74) is 12.3. The number of rotatable bonds is 2. The van der Waals surface area contributed by atoms with Crippen LogP contribution in [-0.2, 0) is 12.8 Å². The van der Waals surface area contributed by atoms with Crippen LogP contribution in [-0.4, -0.2) is 11.0 Å². The molecule has 0 fully saturated rings. The molecule has 102 valence electrons. The molecule has 0 radical (unpaired) electrons. The van der Waals surface area contributed by atoms with E-state index in [0.717, 1.165) is 12.8 Å². The Hall–Kier alpha value is -1.67. The van der Waals surface area contributed by atoms with Gasteiger partial charge in [0.15, 0.2) is 0 Å². The maximum absolute atomic E-state index is 6.67. The first kappa shape index (κ1) is 12.1. The van der Waals surface area contributed by atoms with Crippen molar-refractivity contribution in [1.29, 1.82) is 0 Å². The summed E-state index contributed by atoms with van der Waals surface area (Å²) in [4.78, 5) is 4.61. The van der Waals surface area contributed by atoms with E-state index in [2.05, 4.69) is 35.3 Å². The van der Waals surface area contributed by atoms with E-state index in [1.54, 1.807) is 0 Å². The molecule has 2 aliphatic rings. The molecule has 2 nitrogen and oxygen atoms in total. The minimum Gasteiger partial charge on any atom is -0.327 e. The van der Waals surface area contributed by atoms with Crippen LogP contribution in [0.25, 0.3) is 0 Å². The lowest BCUT2D eigenvalue weighted by molar-refractivity contribution is 0.438. The van der Waals surface area contributed by atoms with Crippen molar-refractivity contribution >= 4 is 0 Å². The van der Waals surface area contributed by atoms with Crippen LogP contribution in [0, 0.1) is 0 Å². The third kappa shape index (κ3) is 1.79. The van der Waals surface area contributed by atoms with E-state index < -0.39 is 0 Å². The van der Waals surface area contributed by atoms with Gasteiger partial charge in [0.25, 0.3) is 0 Å². The largest absolute Gasteiger partial charge is 0.327 e. The Morgan fingerprint density at radius 2 is 1.70 bits per heavy atom. The van der Waals surface area contributed by atoms with Gasteiger partial charge in [0.05, 0.1) is 0 Å². The second kappa shape index (κ2) is 4.71. The Labute approximate surface area is 120 Å². The quantitative estimate of drug-likeness (QED) is 0.905. The van der Waals surface area contributed by atoms with Gasteiger partial charge < -0.3 is 5.73 Å². The van der Waals surface area contributed by atoms with E-state index in [1.807, 2.05) is 12.3 Å². The van der Waals surface area contributed by atoms with E-state index in [4.69, 9.17) is 5.73 Å². The highest BCUT2D eigenvalue weighted by Gasteiger charge is 2.36. The van der Waals surface area contributed by atoms with Crippen molar-refractivity contribution in [2.75, 3.05) is 0 Å². The lowest BCUT2D eigenvalue weighted by Crippen LogP contribution is -2.33. The van der Waals surface area contributed by atoms with Crippen LogP contribution < -0.4 is 5.73 Å². The van der Waals surface area contributed by atoms with Gasteiger partial charge >= 0.3 is 0 Å². The Bertz CT molecular complexity index is 579. The summed E-state index contributed by atoms with van der Waals surface area (Å²) in [7, 11) is 0. The summed E-state index contributed by atoms with van der Waals surface area (Å²) in [6, 6.07) is 13.2. The van der Waals surface area contributed by atoms with Crippen molar-refractivity contribution in [3.63, 3.8) is 0 Å². The van der Waals surface area contributed by atoms with Crippen molar-refractivity contribution in [3.8, 4) is 0 Å².